The minimum atomic E-state index is -0.846. The van der Waals surface area contributed by atoms with Gasteiger partial charge in [-0.15, -0.1) is 11.8 Å². The minimum Gasteiger partial charge on any atom is -0.465 e. The molecule has 0 bridgehead atoms. The van der Waals surface area contributed by atoms with Crippen LogP contribution >= 0.6 is 23.4 Å². The number of carbonyl (C=O) groups is 1. The lowest BCUT2D eigenvalue weighted by Gasteiger charge is -2.28. The first-order chi connectivity index (χ1) is 14.1. The van der Waals surface area contributed by atoms with E-state index in [1.807, 2.05) is 12.3 Å². The third-order valence-corrected chi connectivity index (χ3v) is 6.97. The zero-order valence-electron chi connectivity index (χ0n) is 16.2. The molecule has 1 aromatic carbocycles. The Kier molecular flexibility index (Phi) is 6.13. The lowest BCUT2D eigenvalue weighted by atomic mass is 9.88. The van der Waals surface area contributed by atoms with Gasteiger partial charge in [-0.25, -0.2) is 4.79 Å². The number of nitrogens with two attached hydrogens (primary N) is 1. The van der Waals surface area contributed by atoms with Crippen molar-refractivity contribution < 1.29 is 9.90 Å². The maximum Gasteiger partial charge on any atom is 0.407 e. The van der Waals surface area contributed by atoms with Crippen LogP contribution < -0.4 is 5.73 Å². The summed E-state index contributed by atoms with van der Waals surface area (Å²) in [4.78, 5) is 18.9. The van der Waals surface area contributed by atoms with Crippen LogP contribution in [0.25, 0.3) is 5.57 Å². The van der Waals surface area contributed by atoms with E-state index in [4.69, 9.17) is 22.3 Å². The number of aryl methyl sites for hydroxylation is 1. The summed E-state index contributed by atoms with van der Waals surface area (Å²) in [5, 5.41) is 10.1. The van der Waals surface area contributed by atoms with Crippen molar-refractivity contribution in [3.63, 3.8) is 0 Å². The Morgan fingerprint density at radius 3 is 2.72 bits per heavy atom. The zero-order valence-corrected chi connectivity index (χ0v) is 17.7. The number of fused-ring (bicyclic) bond motifs is 2. The number of benzene rings is 1. The normalized spacial score (nSPS) is 16.3. The molecule has 0 radical (unpaired) electrons. The summed E-state index contributed by atoms with van der Waals surface area (Å²) in [7, 11) is 0. The number of amides is 1. The fraction of sp³-hybridized carbons (Fsp3) is 0.364. The summed E-state index contributed by atoms with van der Waals surface area (Å²) < 4.78 is 0. The molecule has 2 aromatic rings. The molecule has 1 aliphatic heterocycles. The Labute approximate surface area is 180 Å². The fourth-order valence-corrected chi connectivity index (χ4v) is 5.27. The van der Waals surface area contributed by atoms with Crippen molar-refractivity contribution >= 4 is 35.0 Å². The minimum absolute atomic E-state index is 0.522. The van der Waals surface area contributed by atoms with Crippen LogP contribution in [0.15, 0.2) is 40.9 Å². The monoisotopic (exact) mass is 429 g/mol. The average molecular weight is 430 g/mol. The molecule has 0 unspecified atom stereocenters. The van der Waals surface area contributed by atoms with Crippen molar-refractivity contribution in [2.24, 2.45) is 5.73 Å². The number of aromatic nitrogens is 1. The number of likely N-dealkylation sites (tertiary alicyclic amines) is 1. The number of nitrogens with zero attached hydrogens (tertiary/aromatic N) is 2. The Bertz CT molecular complexity index is 967. The van der Waals surface area contributed by atoms with Gasteiger partial charge in [0.1, 0.15) is 0 Å². The standard InChI is InChI=1S/C22H24ClN3O2S/c23-16-2-4-17-15(13-16)1-3-18-19(29-12-8-24)5-9-25-21(18)20(17)14-6-10-26(11-7-14)22(27)28/h2,4-5,9,13H,1,3,6-8,10-12,24H2,(H,27,28). The molecule has 2 aliphatic rings. The van der Waals surface area contributed by atoms with Gasteiger partial charge in [-0.1, -0.05) is 23.2 Å². The lowest BCUT2D eigenvalue weighted by molar-refractivity contribution is 0.142. The quantitative estimate of drug-likeness (QED) is 0.704. The van der Waals surface area contributed by atoms with Gasteiger partial charge in [0.15, 0.2) is 0 Å². The first-order valence-corrected chi connectivity index (χ1v) is 11.2. The van der Waals surface area contributed by atoms with Gasteiger partial charge in [0, 0.05) is 47.1 Å². The van der Waals surface area contributed by atoms with Gasteiger partial charge in [-0.05, 0) is 60.6 Å². The van der Waals surface area contributed by atoms with Gasteiger partial charge in [-0.3, -0.25) is 4.98 Å². The van der Waals surface area contributed by atoms with E-state index in [9.17, 15) is 9.90 Å². The van der Waals surface area contributed by atoms with Crippen LogP contribution in [0, 0.1) is 0 Å². The van der Waals surface area contributed by atoms with Gasteiger partial charge in [0.25, 0.3) is 0 Å². The molecule has 2 heterocycles. The van der Waals surface area contributed by atoms with Gasteiger partial charge >= 0.3 is 6.09 Å². The van der Waals surface area contributed by atoms with E-state index in [1.54, 1.807) is 11.8 Å². The molecule has 1 saturated heterocycles. The van der Waals surface area contributed by atoms with Gasteiger partial charge in [0.2, 0.25) is 0 Å². The van der Waals surface area contributed by atoms with E-state index in [-0.39, 0.29) is 0 Å². The van der Waals surface area contributed by atoms with Crippen LogP contribution in [0.2, 0.25) is 5.02 Å². The van der Waals surface area contributed by atoms with E-state index in [0.717, 1.165) is 42.2 Å². The lowest BCUT2D eigenvalue weighted by Crippen LogP contribution is -2.35. The number of thioether (sulfide) groups is 1. The molecule has 1 aromatic heterocycles. The van der Waals surface area contributed by atoms with Gasteiger partial charge in [-0.2, -0.15) is 0 Å². The van der Waals surface area contributed by atoms with Crippen molar-refractivity contribution in [2.75, 3.05) is 25.4 Å². The summed E-state index contributed by atoms with van der Waals surface area (Å²) in [6.07, 6.45) is 4.30. The SMILES string of the molecule is NCCSc1ccnc2c1CCc1cc(Cl)ccc1C2=C1CCN(C(=O)O)CC1. The van der Waals surface area contributed by atoms with Crippen molar-refractivity contribution in [1.82, 2.24) is 9.88 Å². The number of carboxylic acid groups (broad SMARTS) is 1. The maximum absolute atomic E-state index is 11.3. The zero-order chi connectivity index (χ0) is 20.4. The first kappa shape index (κ1) is 20.3. The van der Waals surface area contributed by atoms with E-state index < -0.39 is 6.09 Å². The van der Waals surface area contributed by atoms with E-state index in [2.05, 4.69) is 18.2 Å². The highest BCUT2D eigenvalue weighted by atomic mass is 35.5. The second-order valence-corrected chi connectivity index (χ2v) is 8.90. The summed E-state index contributed by atoms with van der Waals surface area (Å²) in [5.74, 6) is 0.870. The Morgan fingerprint density at radius 1 is 1.21 bits per heavy atom. The van der Waals surface area contributed by atoms with Crippen LogP contribution in [0.3, 0.4) is 0 Å². The second-order valence-electron chi connectivity index (χ2n) is 7.32. The van der Waals surface area contributed by atoms with Crippen molar-refractivity contribution in [1.29, 1.82) is 0 Å². The number of halogens is 1. The molecular weight excluding hydrogens is 406 g/mol. The van der Waals surface area contributed by atoms with Crippen LogP contribution in [0.1, 0.15) is 35.2 Å². The van der Waals surface area contributed by atoms with E-state index >= 15 is 0 Å². The highest BCUT2D eigenvalue weighted by molar-refractivity contribution is 7.99. The molecule has 7 heteroatoms. The highest BCUT2D eigenvalue weighted by Gasteiger charge is 2.27. The molecule has 29 heavy (non-hydrogen) atoms. The third-order valence-electron chi connectivity index (χ3n) is 5.60. The fourth-order valence-electron chi connectivity index (χ4n) is 4.21. The van der Waals surface area contributed by atoms with Crippen LogP contribution in [-0.4, -0.2) is 46.5 Å². The maximum atomic E-state index is 11.3. The molecule has 1 aliphatic carbocycles. The van der Waals surface area contributed by atoms with Crippen LogP contribution in [0.4, 0.5) is 4.79 Å². The number of piperidine rings is 1. The topological polar surface area (TPSA) is 79.5 Å². The number of pyridine rings is 1. The molecule has 1 amide bonds. The van der Waals surface area contributed by atoms with Gasteiger partial charge in [0.05, 0.1) is 5.69 Å². The number of rotatable bonds is 3. The van der Waals surface area contributed by atoms with Gasteiger partial charge < -0.3 is 15.7 Å². The van der Waals surface area contributed by atoms with E-state index in [0.29, 0.717) is 19.6 Å². The first-order valence-electron chi connectivity index (χ1n) is 9.88. The molecule has 4 rings (SSSR count). The van der Waals surface area contributed by atoms with Crippen molar-refractivity contribution in [3.8, 4) is 0 Å². The summed E-state index contributed by atoms with van der Waals surface area (Å²) in [6, 6.07) is 8.17. The molecule has 0 atom stereocenters. The molecule has 1 fully saturated rings. The van der Waals surface area contributed by atoms with E-state index in [1.165, 1.54) is 37.6 Å². The summed E-state index contributed by atoms with van der Waals surface area (Å²) in [6.45, 7) is 1.68. The number of hydrogen-bond donors (Lipinski definition) is 2. The third kappa shape index (κ3) is 4.15. The van der Waals surface area contributed by atoms with Crippen LogP contribution in [-0.2, 0) is 12.8 Å². The Hall–Kier alpha value is -2.02. The predicted octanol–water partition coefficient (Wildman–Crippen LogP) is 4.46. The molecule has 3 N–H and O–H groups in total. The Morgan fingerprint density at radius 2 is 2.00 bits per heavy atom. The van der Waals surface area contributed by atoms with Crippen molar-refractivity contribution in [3.05, 3.63) is 63.4 Å². The highest BCUT2D eigenvalue weighted by Crippen LogP contribution is 2.40. The molecule has 5 nitrogen and oxygen atoms in total. The predicted molar refractivity (Wildman–Crippen MR) is 118 cm³/mol. The number of hydrogen-bond acceptors (Lipinski definition) is 4. The summed E-state index contributed by atoms with van der Waals surface area (Å²) >= 11 is 8.09. The smallest absolute Gasteiger partial charge is 0.407 e. The largest absolute Gasteiger partial charge is 0.465 e. The van der Waals surface area contributed by atoms with Crippen LogP contribution in [0.5, 0.6) is 0 Å². The van der Waals surface area contributed by atoms with Crippen molar-refractivity contribution in [2.45, 2.75) is 30.6 Å². The Balaban J connectivity index is 1.85. The molecule has 0 saturated carbocycles. The average Bonchev–Trinajstić information content (AvgIpc) is 2.89. The second kappa shape index (κ2) is 8.78. The summed E-state index contributed by atoms with van der Waals surface area (Å²) in [5.41, 5.74) is 12.9. The molecule has 152 valence electrons. The molecule has 0 spiro atoms. The molecular formula is C22H24ClN3O2S.